The minimum Gasteiger partial charge on any atom is -0.395 e. The van der Waals surface area contributed by atoms with Crippen LogP contribution in [0.15, 0.2) is 22.7 Å². The van der Waals surface area contributed by atoms with Crippen molar-refractivity contribution in [2.75, 3.05) is 43.7 Å². The molecule has 0 fully saturated rings. The number of hydrogen-bond donors (Lipinski definition) is 4. The molecule has 3 aromatic rings. The number of rotatable bonds is 9. The fourth-order valence-electron chi connectivity index (χ4n) is 2.80. The first-order chi connectivity index (χ1) is 14.8. The molecule has 31 heavy (non-hydrogen) atoms. The number of thiophene rings is 1. The SMILES string of the molecule is COCCC[S+](O)c1sc2nc(-c3cnc(NCCO)nc3)cc(C(F)(F)F)c2c1N. The molecule has 13 heteroatoms. The Morgan fingerprint density at radius 3 is 2.61 bits per heavy atom. The number of ether oxygens (including phenoxy) is 1. The van der Waals surface area contributed by atoms with E-state index in [4.69, 9.17) is 15.6 Å². The summed E-state index contributed by atoms with van der Waals surface area (Å²) in [6.45, 7) is 0.555. The molecule has 3 heterocycles. The van der Waals surface area contributed by atoms with Gasteiger partial charge in [-0.05, 0) is 6.07 Å². The van der Waals surface area contributed by atoms with Crippen LogP contribution < -0.4 is 11.1 Å². The minimum atomic E-state index is -4.67. The van der Waals surface area contributed by atoms with Crippen molar-refractivity contribution in [2.45, 2.75) is 16.8 Å². The van der Waals surface area contributed by atoms with Crippen LogP contribution in [-0.2, 0) is 22.1 Å². The molecule has 3 aromatic heterocycles. The number of aliphatic hydroxyl groups excluding tert-OH is 1. The Labute approximate surface area is 182 Å². The lowest BCUT2D eigenvalue weighted by Crippen LogP contribution is -2.10. The molecule has 5 N–H and O–H groups in total. The fraction of sp³-hybridized carbons (Fsp3) is 0.389. The van der Waals surface area contributed by atoms with Gasteiger partial charge in [-0.1, -0.05) is 11.3 Å². The Hall–Kier alpha value is -2.19. The quantitative estimate of drug-likeness (QED) is 0.274. The highest BCUT2D eigenvalue weighted by molar-refractivity contribution is 7.93. The van der Waals surface area contributed by atoms with E-state index in [2.05, 4.69) is 20.3 Å². The fourth-order valence-corrected chi connectivity index (χ4v) is 5.46. The topological polar surface area (TPSA) is 126 Å². The van der Waals surface area contributed by atoms with Gasteiger partial charge in [-0.3, -0.25) is 0 Å². The number of nitrogens with zero attached hydrogens (tertiary/aromatic N) is 3. The molecular formula is C18H21F3N5O3S2+. The predicted molar refractivity (Wildman–Crippen MR) is 115 cm³/mol. The second-order valence-corrected chi connectivity index (χ2v) is 9.20. The lowest BCUT2D eigenvalue weighted by atomic mass is 10.1. The Balaban J connectivity index is 2.05. The number of nitrogens with two attached hydrogens (primary N) is 1. The number of anilines is 2. The number of nitrogen functional groups attached to an aromatic ring is 1. The molecule has 0 aromatic carbocycles. The first-order valence-electron chi connectivity index (χ1n) is 9.12. The molecular weight excluding hydrogens is 455 g/mol. The van der Waals surface area contributed by atoms with Crippen LogP contribution in [0.2, 0.25) is 0 Å². The predicted octanol–water partition coefficient (Wildman–Crippen LogP) is 3.25. The number of fused-ring (bicyclic) bond motifs is 1. The van der Waals surface area contributed by atoms with Gasteiger partial charge in [-0.2, -0.15) is 17.7 Å². The zero-order chi connectivity index (χ0) is 22.6. The Kier molecular flexibility index (Phi) is 7.54. The van der Waals surface area contributed by atoms with Crippen molar-refractivity contribution >= 4 is 44.4 Å². The van der Waals surface area contributed by atoms with E-state index in [1.54, 1.807) is 0 Å². The number of nitrogens with one attached hydrogen (secondary N) is 1. The van der Waals surface area contributed by atoms with Crippen LogP contribution in [0.4, 0.5) is 24.8 Å². The van der Waals surface area contributed by atoms with Crippen molar-refractivity contribution in [3.63, 3.8) is 0 Å². The monoisotopic (exact) mass is 476 g/mol. The summed E-state index contributed by atoms with van der Waals surface area (Å²) in [5, 5.41) is 11.4. The van der Waals surface area contributed by atoms with Gasteiger partial charge >= 0.3 is 6.18 Å². The zero-order valence-corrected chi connectivity index (χ0v) is 18.1. The number of halogens is 3. The van der Waals surface area contributed by atoms with E-state index < -0.39 is 22.9 Å². The lowest BCUT2D eigenvalue weighted by molar-refractivity contribution is -0.136. The number of aliphatic hydroxyl groups is 1. The molecule has 0 radical (unpaired) electrons. The minimum absolute atomic E-state index is 0.0403. The summed E-state index contributed by atoms with van der Waals surface area (Å²) < 4.78 is 57.2. The number of hydrogen-bond acceptors (Lipinski definition) is 9. The molecule has 1 unspecified atom stereocenters. The van der Waals surface area contributed by atoms with E-state index in [-0.39, 0.29) is 44.9 Å². The average molecular weight is 477 g/mol. The molecule has 0 aliphatic carbocycles. The molecule has 0 amide bonds. The molecule has 0 aliphatic rings. The standard InChI is InChI=1S/C18H21F3N5O3S2/c1-29-5-2-6-31(28)16-14(22)13-11(18(19,20)21)7-12(26-15(13)30-16)10-8-24-17(25-9-10)23-3-4-27/h7-9,27-28H,2-6,22H2,1H3,(H,23,24,25)/q+1. The largest absolute Gasteiger partial charge is 0.417 e. The molecule has 0 bridgehead atoms. The summed E-state index contributed by atoms with van der Waals surface area (Å²) in [7, 11) is 1.53. The smallest absolute Gasteiger partial charge is 0.395 e. The van der Waals surface area contributed by atoms with Crippen LogP contribution in [0.1, 0.15) is 12.0 Å². The molecule has 0 saturated carbocycles. The van der Waals surface area contributed by atoms with Gasteiger partial charge in [0.25, 0.3) is 4.21 Å². The summed E-state index contributed by atoms with van der Waals surface area (Å²) in [4.78, 5) is 12.5. The highest BCUT2D eigenvalue weighted by Crippen LogP contribution is 2.45. The van der Waals surface area contributed by atoms with Crippen LogP contribution >= 0.6 is 11.3 Å². The van der Waals surface area contributed by atoms with Crippen molar-refractivity contribution in [2.24, 2.45) is 0 Å². The maximum atomic E-state index is 13.8. The molecule has 1 atom stereocenters. The number of pyridine rings is 1. The summed E-state index contributed by atoms with van der Waals surface area (Å²) in [6.07, 6.45) is -1.43. The third-order valence-corrected chi connectivity index (χ3v) is 7.26. The van der Waals surface area contributed by atoms with Gasteiger partial charge in [0.2, 0.25) is 5.95 Å². The second-order valence-electron chi connectivity index (χ2n) is 6.40. The van der Waals surface area contributed by atoms with Crippen molar-refractivity contribution in [3.05, 3.63) is 24.0 Å². The third kappa shape index (κ3) is 5.36. The van der Waals surface area contributed by atoms with E-state index in [1.165, 1.54) is 19.5 Å². The van der Waals surface area contributed by atoms with E-state index >= 15 is 0 Å². The first-order valence-corrected chi connectivity index (χ1v) is 11.3. The highest BCUT2D eigenvalue weighted by Gasteiger charge is 2.38. The van der Waals surface area contributed by atoms with Crippen molar-refractivity contribution in [3.8, 4) is 11.3 Å². The van der Waals surface area contributed by atoms with Crippen molar-refractivity contribution in [1.82, 2.24) is 15.0 Å². The van der Waals surface area contributed by atoms with Crippen LogP contribution in [0.25, 0.3) is 21.5 Å². The molecule has 0 spiro atoms. The van der Waals surface area contributed by atoms with Gasteiger partial charge in [-0.15, -0.1) is 0 Å². The van der Waals surface area contributed by atoms with Gasteiger partial charge in [-0.25, -0.2) is 15.0 Å². The van der Waals surface area contributed by atoms with Gasteiger partial charge in [0.1, 0.15) is 16.3 Å². The first kappa shape index (κ1) is 23.5. The van der Waals surface area contributed by atoms with Crippen molar-refractivity contribution < 1.29 is 27.6 Å². The van der Waals surface area contributed by atoms with Gasteiger partial charge in [0.15, 0.2) is 11.2 Å². The van der Waals surface area contributed by atoms with Crippen LogP contribution in [0.5, 0.6) is 0 Å². The normalized spacial score (nSPS) is 13.0. The Bertz CT molecular complexity index is 1030. The summed E-state index contributed by atoms with van der Waals surface area (Å²) in [5.74, 6) is 0.563. The molecule has 3 rings (SSSR count). The number of aromatic nitrogens is 3. The average Bonchev–Trinajstić information content (AvgIpc) is 3.08. The molecule has 0 aliphatic heterocycles. The maximum Gasteiger partial charge on any atom is 0.417 e. The van der Waals surface area contributed by atoms with E-state index in [0.717, 1.165) is 17.4 Å². The van der Waals surface area contributed by atoms with Crippen LogP contribution in [0.3, 0.4) is 0 Å². The third-order valence-electron chi connectivity index (χ3n) is 4.21. The van der Waals surface area contributed by atoms with Crippen LogP contribution in [-0.4, -0.2) is 57.2 Å². The highest BCUT2D eigenvalue weighted by atomic mass is 32.2. The summed E-state index contributed by atoms with van der Waals surface area (Å²) in [6, 6.07) is 0.912. The Morgan fingerprint density at radius 1 is 1.29 bits per heavy atom. The van der Waals surface area contributed by atoms with E-state index in [0.29, 0.717) is 24.3 Å². The molecule has 168 valence electrons. The summed E-state index contributed by atoms with van der Waals surface area (Å²) >= 11 is -0.371. The number of methoxy groups -OCH3 is 1. The van der Waals surface area contributed by atoms with E-state index in [9.17, 15) is 17.7 Å². The lowest BCUT2D eigenvalue weighted by Gasteiger charge is -2.11. The maximum absolute atomic E-state index is 13.8. The van der Waals surface area contributed by atoms with Gasteiger partial charge in [0, 0.05) is 38.0 Å². The Morgan fingerprint density at radius 2 is 2.00 bits per heavy atom. The number of alkyl halides is 3. The second kappa shape index (κ2) is 9.96. The van der Waals surface area contributed by atoms with Gasteiger partial charge < -0.3 is 20.9 Å². The van der Waals surface area contributed by atoms with Crippen LogP contribution in [0, 0.1) is 0 Å². The molecule has 8 nitrogen and oxygen atoms in total. The van der Waals surface area contributed by atoms with Gasteiger partial charge in [0.05, 0.1) is 29.9 Å². The zero-order valence-electron chi connectivity index (χ0n) is 16.4. The summed E-state index contributed by atoms with van der Waals surface area (Å²) in [5.41, 5.74) is 5.33. The molecule has 0 saturated heterocycles. The van der Waals surface area contributed by atoms with Crippen molar-refractivity contribution in [1.29, 1.82) is 0 Å². The van der Waals surface area contributed by atoms with E-state index in [1.807, 2.05) is 0 Å².